The van der Waals surface area contributed by atoms with Crippen LogP contribution in [0.4, 0.5) is 0 Å². The molecule has 1 heterocycles. The van der Waals surface area contributed by atoms with Crippen molar-refractivity contribution in [2.24, 2.45) is 11.8 Å². The average molecular weight is 238 g/mol. The largest absolute Gasteiger partial charge is 0.311 e. The molecule has 2 fully saturated rings. The summed E-state index contributed by atoms with van der Waals surface area (Å²) < 4.78 is 0. The lowest BCUT2D eigenvalue weighted by molar-refractivity contribution is 0.0587. The highest BCUT2D eigenvalue weighted by Crippen LogP contribution is 2.31. The van der Waals surface area contributed by atoms with E-state index in [1.165, 1.54) is 38.8 Å². The van der Waals surface area contributed by atoms with Crippen LogP contribution in [0, 0.1) is 11.8 Å². The Balaban J connectivity index is 1.96. The summed E-state index contributed by atoms with van der Waals surface area (Å²) >= 11 is 0. The van der Waals surface area contributed by atoms with E-state index in [-0.39, 0.29) is 0 Å². The molecule has 1 saturated heterocycles. The average Bonchev–Trinajstić information content (AvgIpc) is 2.81. The maximum atomic E-state index is 3.70. The quantitative estimate of drug-likeness (QED) is 0.813. The summed E-state index contributed by atoms with van der Waals surface area (Å²) in [5.74, 6) is 1.71. The highest BCUT2D eigenvalue weighted by Gasteiger charge is 2.33. The van der Waals surface area contributed by atoms with Gasteiger partial charge in [-0.1, -0.05) is 26.7 Å². The van der Waals surface area contributed by atoms with Crippen molar-refractivity contribution in [1.82, 2.24) is 10.2 Å². The molecule has 0 spiro atoms. The van der Waals surface area contributed by atoms with Gasteiger partial charge in [0.2, 0.25) is 0 Å². The summed E-state index contributed by atoms with van der Waals surface area (Å²) in [7, 11) is 0. The number of hydrogen-bond donors (Lipinski definition) is 1. The molecule has 3 atom stereocenters. The van der Waals surface area contributed by atoms with Gasteiger partial charge in [0.15, 0.2) is 0 Å². The standard InChI is InChI=1S/C15H30N2/c1-11(2)15-10-17(12(3)9-16-15)13(4)14-7-5-6-8-14/h11-16H,5-10H2,1-4H3. The van der Waals surface area contributed by atoms with Crippen molar-refractivity contribution in [3.8, 4) is 0 Å². The lowest BCUT2D eigenvalue weighted by Crippen LogP contribution is -2.60. The molecule has 0 aromatic rings. The maximum absolute atomic E-state index is 3.70. The summed E-state index contributed by atoms with van der Waals surface area (Å²) in [5.41, 5.74) is 0. The summed E-state index contributed by atoms with van der Waals surface area (Å²) in [5, 5.41) is 3.70. The molecule has 2 rings (SSSR count). The van der Waals surface area contributed by atoms with E-state index in [0.29, 0.717) is 12.1 Å². The zero-order valence-electron chi connectivity index (χ0n) is 12.1. The van der Waals surface area contributed by atoms with Crippen molar-refractivity contribution in [1.29, 1.82) is 0 Å². The van der Waals surface area contributed by atoms with Crippen LogP contribution in [0.2, 0.25) is 0 Å². The molecule has 2 nitrogen and oxygen atoms in total. The Morgan fingerprint density at radius 1 is 1.12 bits per heavy atom. The third-order valence-electron chi connectivity index (χ3n) is 5.06. The molecule has 0 bridgehead atoms. The van der Waals surface area contributed by atoms with E-state index in [9.17, 15) is 0 Å². The second-order valence-corrected chi connectivity index (χ2v) is 6.59. The lowest BCUT2D eigenvalue weighted by atomic mass is 9.93. The van der Waals surface area contributed by atoms with E-state index in [0.717, 1.165) is 17.9 Å². The molecule has 2 heteroatoms. The van der Waals surface area contributed by atoms with Gasteiger partial charge >= 0.3 is 0 Å². The Labute approximate surface area is 107 Å². The SMILES string of the molecule is CC(C)C1CN(C(C)C2CCCC2)C(C)CN1. The summed E-state index contributed by atoms with van der Waals surface area (Å²) in [6, 6.07) is 2.19. The van der Waals surface area contributed by atoms with Crippen LogP contribution in [0.5, 0.6) is 0 Å². The maximum Gasteiger partial charge on any atom is 0.0218 e. The first kappa shape index (κ1) is 13.4. The number of nitrogens with zero attached hydrogens (tertiary/aromatic N) is 1. The first-order valence-corrected chi connectivity index (χ1v) is 7.58. The first-order chi connectivity index (χ1) is 8.09. The second kappa shape index (κ2) is 5.71. The molecule has 0 aromatic heterocycles. The van der Waals surface area contributed by atoms with Crippen LogP contribution in [0.1, 0.15) is 53.4 Å². The predicted molar refractivity (Wildman–Crippen MR) is 74.2 cm³/mol. The molecule has 17 heavy (non-hydrogen) atoms. The minimum Gasteiger partial charge on any atom is -0.311 e. The molecule has 0 aromatic carbocycles. The van der Waals surface area contributed by atoms with Gasteiger partial charge < -0.3 is 5.32 Å². The van der Waals surface area contributed by atoms with Gasteiger partial charge in [0.1, 0.15) is 0 Å². The van der Waals surface area contributed by atoms with Gasteiger partial charge in [0.25, 0.3) is 0 Å². The van der Waals surface area contributed by atoms with E-state index in [2.05, 4.69) is 37.9 Å². The fourth-order valence-corrected chi connectivity index (χ4v) is 3.64. The van der Waals surface area contributed by atoms with Gasteiger partial charge in [0.05, 0.1) is 0 Å². The van der Waals surface area contributed by atoms with Crippen LogP contribution in [-0.4, -0.2) is 36.1 Å². The topological polar surface area (TPSA) is 15.3 Å². The van der Waals surface area contributed by atoms with E-state index in [1.54, 1.807) is 0 Å². The Hall–Kier alpha value is -0.0800. The number of hydrogen-bond acceptors (Lipinski definition) is 2. The van der Waals surface area contributed by atoms with Gasteiger partial charge in [-0.2, -0.15) is 0 Å². The van der Waals surface area contributed by atoms with Crippen LogP contribution in [0.25, 0.3) is 0 Å². The molecule has 3 unspecified atom stereocenters. The first-order valence-electron chi connectivity index (χ1n) is 7.58. The Bertz CT molecular complexity index is 233. The van der Waals surface area contributed by atoms with E-state index >= 15 is 0 Å². The highest BCUT2D eigenvalue weighted by molar-refractivity contribution is 4.90. The Morgan fingerprint density at radius 3 is 2.35 bits per heavy atom. The zero-order valence-corrected chi connectivity index (χ0v) is 12.1. The Kier molecular flexibility index (Phi) is 4.48. The van der Waals surface area contributed by atoms with Crippen LogP contribution in [0.3, 0.4) is 0 Å². The highest BCUT2D eigenvalue weighted by atomic mass is 15.3. The third-order valence-corrected chi connectivity index (χ3v) is 5.06. The molecule has 1 aliphatic heterocycles. The van der Waals surface area contributed by atoms with Gasteiger partial charge in [-0.3, -0.25) is 4.90 Å². The third kappa shape index (κ3) is 3.03. The summed E-state index contributed by atoms with van der Waals surface area (Å²) in [4.78, 5) is 2.77. The van der Waals surface area contributed by atoms with Crippen LogP contribution < -0.4 is 5.32 Å². The molecule has 0 radical (unpaired) electrons. The second-order valence-electron chi connectivity index (χ2n) is 6.59. The fraction of sp³-hybridized carbons (Fsp3) is 1.00. The predicted octanol–water partition coefficient (Wildman–Crippen LogP) is 2.88. The minimum absolute atomic E-state index is 0.690. The van der Waals surface area contributed by atoms with Crippen molar-refractivity contribution in [2.75, 3.05) is 13.1 Å². The van der Waals surface area contributed by atoms with Gasteiger partial charge in [0, 0.05) is 31.2 Å². The Morgan fingerprint density at radius 2 is 1.76 bits per heavy atom. The van der Waals surface area contributed by atoms with Crippen LogP contribution in [-0.2, 0) is 0 Å². The van der Waals surface area contributed by atoms with Crippen molar-refractivity contribution in [3.63, 3.8) is 0 Å². The van der Waals surface area contributed by atoms with E-state index in [1.807, 2.05) is 0 Å². The zero-order chi connectivity index (χ0) is 12.4. The molecule has 0 amide bonds. The van der Waals surface area contributed by atoms with Gasteiger partial charge in [-0.15, -0.1) is 0 Å². The van der Waals surface area contributed by atoms with E-state index < -0.39 is 0 Å². The molecular formula is C15H30N2. The lowest BCUT2D eigenvalue weighted by Gasteiger charge is -2.45. The van der Waals surface area contributed by atoms with Gasteiger partial charge in [-0.25, -0.2) is 0 Å². The smallest absolute Gasteiger partial charge is 0.0218 e. The van der Waals surface area contributed by atoms with Crippen LogP contribution in [0.15, 0.2) is 0 Å². The van der Waals surface area contributed by atoms with Crippen molar-refractivity contribution < 1.29 is 0 Å². The number of nitrogens with one attached hydrogen (secondary N) is 1. The van der Waals surface area contributed by atoms with Crippen molar-refractivity contribution >= 4 is 0 Å². The number of piperazine rings is 1. The summed E-state index contributed by atoms with van der Waals surface area (Å²) in [6.07, 6.45) is 5.85. The number of rotatable bonds is 3. The monoisotopic (exact) mass is 238 g/mol. The van der Waals surface area contributed by atoms with E-state index in [4.69, 9.17) is 0 Å². The van der Waals surface area contributed by atoms with Crippen molar-refractivity contribution in [3.05, 3.63) is 0 Å². The van der Waals surface area contributed by atoms with Gasteiger partial charge in [-0.05, 0) is 38.5 Å². The normalized spacial score (nSPS) is 34.4. The minimum atomic E-state index is 0.690. The summed E-state index contributed by atoms with van der Waals surface area (Å²) in [6.45, 7) is 11.9. The molecule has 1 aliphatic carbocycles. The van der Waals surface area contributed by atoms with Crippen LogP contribution >= 0.6 is 0 Å². The molecule has 1 N–H and O–H groups in total. The molecule has 1 saturated carbocycles. The van der Waals surface area contributed by atoms with Crippen molar-refractivity contribution in [2.45, 2.75) is 71.5 Å². The molecular weight excluding hydrogens is 208 g/mol. The fourth-order valence-electron chi connectivity index (χ4n) is 3.64. The molecule has 2 aliphatic rings. The molecule has 100 valence electrons.